The van der Waals surface area contributed by atoms with Gasteiger partial charge in [-0.05, 0) is 48.3 Å². The van der Waals surface area contributed by atoms with Crippen LogP contribution in [0, 0.1) is 11.3 Å². The van der Waals surface area contributed by atoms with Gasteiger partial charge in [0.15, 0.2) is 5.76 Å². The Morgan fingerprint density at radius 1 is 1.33 bits per heavy atom. The summed E-state index contributed by atoms with van der Waals surface area (Å²) in [4.78, 5) is 26.3. The van der Waals surface area contributed by atoms with Crippen LogP contribution in [0.5, 0.6) is 0 Å². The molecule has 0 spiro atoms. The number of furan rings is 1. The average Bonchev–Trinajstić information content (AvgIpc) is 3.25. The second kappa shape index (κ2) is 7.86. The third kappa shape index (κ3) is 4.25. The maximum atomic E-state index is 12.7. The van der Waals surface area contributed by atoms with Crippen molar-refractivity contribution < 1.29 is 19.1 Å². The number of rotatable bonds is 5. The summed E-state index contributed by atoms with van der Waals surface area (Å²) in [5, 5.41) is 15.1. The molecule has 0 radical (unpaired) electrons. The van der Waals surface area contributed by atoms with Crippen LogP contribution in [0.2, 0.25) is 0 Å². The number of anilines is 1. The monoisotopic (exact) mass is 390 g/mol. The summed E-state index contributed by atoms with van der Waals surface area (Å²) in [6.45, 7) is 6.78. The second-order valence-corrected chi connectivity index (χ2v) is 9.03. The lowest BCUT2D eigenvalue weighted by Gasteiger charge is -2.33. The SMILES string of the molecule is CC(C)(C)C1CCc2c(sc(NC(=O)c3ccco3)c2C(=O)NCCO)C1. The highest BCUT2D eigenvalue weighted by Gasteiger charge is 2.34. The Labute approximate surface area is 163 Å². The lowest BCUT2D eigenvalue weighted by molar-refractivity contribution is 0.0944. The standard InChI is InChI=1S/C20H26N2O4S/c1-20(2,3)12-6-7-13-15(11-12)27-19(16(13)18(25)21-8-9-23)22-17(24)14-5-4-10-26-14/h4-5,10,12,23H,6-9,11H2,1-3H3,(H,21,25)(H,22,24). The van der Waals surface area contributed by atoms with Crippen molar-refractivity contribution >= 4 is 28.2 Å². The molecule has 27 heavy (non-hydrogen) atoms. The van der Waals surface area contributed by atoms with Crippen molar-refractivity contribution in [1.82, 2.24) is 5.32 Å². The summed E-state index contributed by atoms with van der Waals surface area (Å²) in [5.41, 5.74) is 1.74. The highest BCUT2D eigenvalue weighted by Crippen LogP contribution is 2.44. The van der Waals surface area contributed by atoms with Crippen LogP contribution < -0.4 is 10.6 Å². The van der Waals surface area contributed by atoms with Crippen LogP contribution in [-0.2, 0) is 12.8 Å². The number of aliphatic hydroxyl groups is 1. The van der Waals surface area contributed by atoms with Crippen LogP contribution in [-0.4, -0.2) is 30.1 Å². The number of amides is 2. The second-order valence-electron chi connectivity index (χ2n) is 7.92. The van der Waals surface area contributed by atoms with Crippen molar-refractivity contribution in [2.75, 3.05) is 18.5 Å². The Morgan fingerprint density at radius 3 is 2.74 bits per heavy atom. The van der Waals surface area contributed by atoms with Gasteiger partial charge in [-0.25, -0.2) is 0 Å². The Morgan fingerprint density at radius 2 is 2.11 bits per heavy atom. The Kier molecular flexibility index (Phi) is 5.72. The maximum absolute atomic E-state index is 12.7. The maximum Gasteiger partial charge on any atom is 0.291 e. The smallest absolute Gasteiger partial charge is 0.291 e. The van der Waals surface area contributed by atoms with Crippen LogP contribution in [0.1, 0.15) is 58.5 Å². The van der Waals surface area contributed by atoms with Crippen molar-refractivity contribution in [2.24, 2.45) is 11.3 Å². The van der Waals surface area contributed by atoms with E-state index in [2.05, 4.69) is 31.4 Å². The van der Waals surface area contributed by atoms with Gasteiger partial charge in [0.2, 0.25) is 0 Å². The molecule has 0 fully saturated rings. The normalized spacial score (nSPS) is 16.7. The fourth-order valence-corrected chi connectivity index (χ4v) is 4.80. The number of carbonyl (C=O) groups excluding carboxylic acids is 2. The van der Waals surface area contributed by atoms with Crippen LogP contribution >= 0.6 is 11.3 Å². The summed E-state index contributed by atoms with van der Waals surface area (Å²) in [7, 11) is 0. The highest BCUT2D eigenvalue weighted by molar-refractivity contribution is 7.17. The lowest BCUT2D eigenvalue weighted by Crippen LogP contribution is -2.30. The van der Waals surface area contributed by atoms with Gasteiger partial charge >= 0.3 is 0 Å². The number of fused-ring (bicyclic) bond motifs is 1. The predicted octanol–water partition coefficient (Wildman–Crippen LogP) is 3.47. The highest BCUT2D eigenvalue weighted by atomic mass is 32.1. The third-order valence-corrected chi connectivity index (χ3v) is 6.26. The van der Waals surface area contributed by atoms with Crippen LogP contribution in [0.25, 0.3) is 0 Å². The number of aliphatic hydroxyl groups excluding tert-OH is 1. The molecule has 6 nitrogen and oxygen atoms in total. The molecule has 0 aromatic carbocycles. The largest absolute Gasteiger partial charge is 0.459 e. The first kappa shape index (κ1) is 19.6. The van der Waals surface area contributed by atoms with Gasteiger partial charge in [-0.1, -0.05) is 20.8 Å². The van der Waals surface area contributed by atoms with Crippen LogP contribution in [0.15, 0.2) is 22.8 Å². The van der Waals surface area contributed by atoms with Gasteiger partial charge in [0, 0.05) is 11.4 Å². The van der Waals surface area contributed by atoms with Crippen molar-refractivity contribution in [3.63, 3.8) is 0 Å². The molecule has 2 heterocycles. The topological polar surface area (TPSA) is 91.6 Å². The van der Waals surface area contributed by atoms with Gasteiger partial charge in [0.25, 0.3) is 11.8 Å². The number of nitrogens with one attached hydrogen (secondary N) is 2. The van der Waals surface area contributed by atoms with E-state index in [1.165, 1.54) is 17.6 Å². The molecular formula is C20H26N2O4S. The van der Waals surface area contributed by atoms with E-state index in [0.29, 0.717) is 16.5 Å². The third-order valence-electron chi connectivity index (χ3n) is 5.09. The van der Waals surface area contributed by atoms with E-state index in [1.807, 2.05) is 0 Å². The molecule has 1 unspecified atom stereocenters. The average molecular weight is 391 g/mol. The Hall–Kier alpha value is -2.12. The van der Waals surface area contributed by atoms with E-state index in [1.54, 1.807) is 12.1 Å². The lowest BCUT2D eigenvalue weighted by atomic mass is 9.72. The van der Waals surface area contributed by atoms with E-state index in [0.717, 1.165) is 29.7 Å². The van der Waals surface area contributed by atoms with Crippen molar-refractivity contribution in [1.29, 1.82) is 0 Å². The molecule has 0 saturated heterocycles. The molecule has 146 valence electrons. The Bertz CT molecular complexity index is 818. The number of thiophene rings is 1. The zero-order valence-electron chi connectivity index (χ0n) is 15.9. The van der Waals surface area contributed by atoms with Gasteiger partial charge in [-0.15, -0.1) is 11.3 Å². The predicted molar refractivity (Wildman–Crippen MR) is 105 cm³/mol. The molecule has 3 rings (SSSR count). The minimum absolute atomic E-state index is 0.127. The first-order valence-electron chi connectivity index (χ1n) is 9.19. The van der Waals surface area contributed by atoms with Crippen molar-refractivity contribution in [3.8, 4) is 0 Å². The number of hydrogen-bond donors (Lipinski definition) is 3. The van der Waals surface area contributed by atoms with E-state index in [-0.39, 0.29) is 36.1 Å². The van der Waals surface area contributed by atoms with Gasteiger partial charge in [0.05, 0.1) is 18.4 Å². The zero-order valence-corrected chi connectivity index (χ0v) is 16.7. The van der Waals surface area contributed by atoms with E-state index in [9.17, 15) is 9.59 Å². The minimum atomic E-state index is -0.373. The molecule has 2 aromatic heterocycles. The van der Waals surface area contributed by atoms with E-state index < -0.39 is 0 Å². The molecular weight excluding hydrogens is 364 g/mol. The quantitative estimate of drug-likeness (QED) is 0.729. The van der Waals surface area contributed by atoms with Crippen LogP contribution in [0.3, 0.4) is 0 Å². The summed E-state index contributed by atoms with van der Waals surface area (Å²) in [5.74, 6) is 0.106. The molecule has 1 aliphatic carbocycles. The Balaban J connectivity index is 1.93. The molecule has 0 aliphatic heterocycles. The van der Waals surface area contributed by atoms with Gasteiger partial charge in [0.1, 0.15) is 5.00 Å². The molecule has 0 bridgehead atoms. The molecule has 0 saturated carbocycles. The minimum Gasteiger partial charge on any atom is -0.459 e. The molecule has 1 aliphatic rings. The fraction of sp³-hybridized carbons (Fsp3) is 0.500. The van der Waals surface area contributed by atoms with Crippen LogP contribution in [0.4, 0.5) is 5.00 Å². The summed E-state index contributed by atoms with van der Waals surface area (Å²) in [6.07, 6.45) is 4.17. The first-order chi connectivity index (χ1) is 12.8. The first-order valence-corrected chi connectivity index (χ1v) is 10.0. The molecule has 2 aromatic rings. The molecule has 1 atom stereocenters. The summed E-state index contributed by atoms with van der Waals surface area (Å²) >= 11 is 1.47. The molecule has 2 amide bonds. The number of carbonyl (C=O) groups is 2. The summed E-state index contributed by atoms with van der Waals surface area (Å²) in [6, 6.07) is 3.24. The van der Waals surface area contributed by atoms with E-state index >= 15 is 0 Å². The van der Waals surface area contributed by atoms with Crippen molar-refractivity contribution in [2.45, 2.75) is 40.0 Å². The molecule has 3 N–H and O–H groups in total. The van der Waals surface area contributed by atoms with Crippen molar-refractivity contribution in [3.05, 3.63) is 40.2 Å². The van der Waals surface area contributed by atoms with Gasteiger partial charge in [-0.3, -0.25) is 9.59 Å². The van der Waals surface area contributed by atoms with Gasteiger partial charge < -0.3 is 20.2 Å². The van der Waals surface area contributed by atoms with Gasteiger partial charge in [-0.2, -0.15) is 0 Å². The number of hydrogen-bond acceptors (Lipinski definition) is 5. The van der Waals surface area contributed by atoms with E-state index in [4.69, 9.17) is 9.52 Å². The fourth-order valence-electron chi connectivity index (χ4n) is 3.48. The zero-order chi connectivity index (χ0) is 19.6. The summed E-state index contributed by atoms with van der Waals surface area (Å²) < 4.78 is 5.16. The molecule has 7 heteroatoms.